The minimum absolute atomic E-state index is 0.378. The molecule has 6 nitrogen and oxygen atoms in total. The van der Waals surface area contributed by atoms with E-state index in [9.17, 15) is 14.7 Å². The molecule has 1 aromatic carbocycles. The molecule has 0 spiro atoms. The van der Waals surface area contributed by atoms with Gasteiger partial charge in [-0.1, -0.05) is 28.1 Å². The molecule has 2 amide bonds. The lowest BCUT2D eigenvalue weighted by molar-refractivity contribution is -0.125. The zero-order valence-corrected chi connectivity index (χ0v) is 15.2. The van der Waals surface area contributed by atoms with Gasteiger partial charge in [0.1, 0.15) is 12.6 Å². The van der Waals surface area contributed by atoms with Crippen molar-refractivity contribution in [2.75, 3.05) is 19.7 Å². The Morgan fingerprint density at radius 2 is 1.88 bits per heavy atom. The molecule has 2 atom stereocenters. The summed E-state index contributed by atoms with van der Waals surface area (Å²) in [4.78, 5) is 25.5. The molecular weight excluding hydrogens is 376 g/mol. The number of nitrogens with zero attached hydrogens (tertiary/aromatic N) is 1. The SMILES string of the molecule is C[C@H](O)[C@@H](NC(=O)N1CCC(c2ccc(Br)cc2)CC1)C(=O)CO. The first-order chi connectivity index (χ1) is 11.4. The fourth-order valence-corrected chi connectivity index (χ4v) is 3.21. The maximum Gasteiger partial charge on any atom is 0.318 e. The molecule has 1 aliphatic heterocycles. The van der Waals surface area contributed by atoms with Crippen LogP contribution in [0.2, 0.25) is 0 Å². The van der Waals surface area contributed by atoms with Gasteiger partial charge < -0.3 is 20.4 Å². The zero-order valence-electron chi connectivity index (χ0n) is 13.6. The molecular formula is C17H23BrN2O4. The predicted molar refractivity (Wildman–Crippen MR) is 93.8 cm³/mol. The van der Waals surface area contributed by atoms with Crippen LogP contribution in [-0.2, 0) is 4.79 Å². The standard InChI is InChI=1S/C17H23BrN2O4/c1-11(22)16(15(23)10-21)19-17(24)20-8-6-13(7-9-20)12-2-4-14(18)5-3-12/h2-5,11,13,16,21-22H,6-10H2,1H3,(H,19,24)/t11-,16+/m0/s1. The number of urea groups is 1. The first-order valence-corrected chi connectivity index (χ1v) is 8.84. The fraction of sp³-hybridized carbons (Fsp3) is 0.529. The number of hydrogen-bond donors (Lipinski definition) is 3. The number of aliphatic hydroxyl groups excluding tert-OH is 2. The number of carbonyl (C=O) groups is 2. The molecule has 0 aromatic heterocycles. The van der Waals surface area contributed by atoms with Crippen molar-refractivity contribution in [2.45, 2.75) is 37.8 Å². The monoisotopic (exact) mass is 398 g/mol. The number of ketones is 1. The maximum atomic E-state index is 12.3. The Morgan fingerprint density at radius 1 is 1.29 bits per heavy atom. The summed E-state index contributed by atoms with van der Waals surface area (Å²) in [5.41, 5.74) is 1.26. The highest BCUT2D eigenvalue weighted by molar-refractivity contribution is 9.10. The second-order valence-corrected chi connectivity index (χ2v) is 7.02. The summed E-state index contributed by atoms with van der Waals surface area (Å²) < 4.78 is 1.04. The molecule has 0 aliphatic carbocycles. The van der Waals surface area contributed by atoms with Gasteiger partial charge in [0.25, 0.3) is 0 Å². The molecule has 7 heteroatoms. The van der Waals surface area contributed by atoms with Crippen molar-refractivity contribution >= 4 is 27.7 Å². The van der Waals surface area contributed by atoms with Crippen LogP contribution in [0.1, 0.15) is 31.2 Å². The Bertz CT molecular complexity index is 568. The second-order valence-electron chi connectivity index (χ2n) is 6.11. The van der Waals surface area contributed by atoms with Crippen LogP contribution in [0.4, 0.5) is 4.79 Å². The van der Waals surface area contributed by atoms with Gasteiger partial charge in [-0.15, -0.1) is 0 Å². The summed E-state index contributed by atoms with van der Waals surface area (Å²) in [6.07, 6.45) is 0.652. The van der Waals surface area contributed by atoms with Crippen LogP contribution in [0.25, 0.3) is 0 Å². The van der Waals surface area contributed by atoms with Crippen LogP contribution in [0.3, 0.4) is 0 Å². The number of amides is 2. The molecule has 1 fully saturated rings. The minimum atomic E-state index is -1.08. The number of piperidine rings is 1. The lowest BCUT2D eigenvalue weighted by atomic mass is 9.89. The third kappa shape index (κ3) is 4.78. The van der Waals surface area contributed by atoms with Gasteiger partial charge in [-0.05, 0) is 43.4 Å². The molecule has 24 heavy (non-hydrogen) atoms. The average molecular weight is 399 g/mol. The van der Waals surface area contributed by atoms with Gasteiger partial charge in [0.2, 0.25) is 0 Å². The first-order valence-electron chi connectivity index (χ1n) is 8.05. The van der Waals surface area contributed by atoms with Crippen molar-refractivity contribution in [1.82, 2.24) is 10.2 Å². The number of hydrogen-bond acceptors (Lipinski definition) is 4. The molecule has 132 valence electrons. The molecule has 1 heterocycles. The summed E-state index contributed by atoms with van der Waals surface area (Å²) in [6.45, 7) is 1.89. The van der Waals surface area contributed by atoms with Crippen molar-refractivity contribution in [1.29, 1.82) is 0 Å². The van der Waals surface area contributed by atoms with E-state index in [1.54, 1.807) is 4.90 Å². The van der Waals surface area contributed by atoms with Gasteiger partial charge in [0, 0.05) is 17.6 Å². The summed E-state index contributed by atoms with van der Waals surface area (Å²) >= 11 is 3.42. The van der Waals surface area contributed by atoms with Gasteiger partial charge in [0.15, 0.2) is 5.78 Å². The van der Waals surface area contributed by atoms with E-state index < -0.39 is 24.5 Å². The van der Waals surface area contributed by atoms with E-state index in [0.717, 1.165) is 17.3 Å². The molecule has 0 radical (unpaired) electrons. The fourth-order valence-electron chi connectivity index (χ4n) is 2.94. The largest absolute Gasteiger partial charge is 0.391 e. The molecule has 0 unspecified atom stereocenters. The summed E-state index contributed by atoms with van der Waals surface area (Å²) in [6, 6.07) is 6.76. The van der Waals surface area contributed by atoms with Gasteiger partial charge >= 0.3 is 6.03 Å². The molecule has 3 N–H and O–H groups in total. The highest BCUT2D eigenvalue weighted by Crippen LogP contribution is 2.28. The number of likely N-dealkylation sites (tertiary alicyclic amines) is 1. The van der Waals surface area contributed by atoms with Crippen LogP contribution >= 0.6 is 15.9 Å². The van der Waals surface area contributed by atoms with Crippen molar-refractivity contribution in [3.05, 3.63) is 34.3 Å². The van der Waals surface area contributed by atoms with Crippen LogP contribution in [0.15, 0.2) is 28.7 Å². The molecule has 1 saturated heterocycles. The number of aliphatic hydroxyl groups is 2. The summed E-state index contributed by atoms with van der Waals surface area (Å²) in [5, 5.41) is 21.1. The van der Waals surface area contributed by atoms with E-state index in [0.29, 0.717) is 19.0 Å². The van der Waals surface area contributed by atoms with E-state index in [4.69, 9.17) is 5.11 Å². The number of Topliss-reactive ketones (excluding diaryl/α,β-unsaturated/α-hetero) is 1. The lowest BCUT2D eigenvalue weighted by Gasteiger charge is -2.33. The third-order valence-corrected chi connectivity index (χ3v) is 4.92. The van der Waals surface area contributed by atoms with Gasteiger partial charge in [-0.25, -0.2) is 4.79 Å². The van der Waals surface area contributed by atoms with Gasteiger partial charge in [-0.2, -0.15) is 0 Å². The maximum absolute atomic E-state index is 12.3. The van der Waals surface area contributed by atoms with Crippen LogP contribution in [0.5, 0.6) is 0 Å². The zero-order chi connectivity index (χ0) is 17.7. The molecule has 0 bridgehead atoms. The van der Waals surface area contributed by atoms with Crippen molar-refractivity contribution in [3.63, 3.8) is 0 Å². The Hall–Kier alpha value is -1.44. The Morgan fingerprint density at radius 3 is 2.38 bits per heavy atom. The van der Waals surface area contributed by atoms with Crippen molar-refractivity contribution in [3.8, 4) is 0 Å². The highest BCUT2D eigenvalue weighted by Gasteiger charge is 2.29. The number of carbonyl (C=O) groups excluding carboxylic acids is 2. The normalized spacial score (nSPS) is 18.1. The van der Waals surface area contributed by atoms with Crippen LogP contribution in [0, 0.1) is 0 Å². The van der Waals surface area contributed by atoms with Crippen LogP contribution < -0.4 is 5.32 Å². The molecule has 2 rings (SSSR count). The van der Waals surface area contributed by atoms with Crippen molar-refractivity contribution < 1.29 is 19.8 Å². The van der Waals surface area contributed by atoms with Crippen molar-refractivity contribution in [2.24, 2.45) is 0 Å². The summed E-state index contributed by atoms with van der Waals surface area (Å²) in [7, 11) is 0. The highest BCUT2D eigenvalue weighted by atomic mass is 79.9. The minimum Gasteiger partial charge on any atom is -0.391 e. The average Bonchev–Trinajstić information content (AvgIpc) is 2.59. The van der Waals surface area contributed by atoms with E-state index in [1.165, 1.54) is 12.5 Å². The van der Waals surface area contributed by atoms with E-state index in [-0.39, 0.29) is 6.03 Å². The number of rotatable bonds is 5. The van der Waals surface area contributed by atoms with Crippen LogP contribution in [-0.4, -0.2) is 58.8 Å². The third-order valence-electron chi connectivity index (χ3n) is 4.39. The molecule has 1 aliphatic rings. The summed E-state index contributed by atoms with van der Waals surface area (Å²) in [5.74, 6) is -0.183. The first kappa shape index (κ1) is 18.9. The smallest absolute Gasteiger partial charge is 0.318 e. The Balaban J connectivity index is 1.90. The van der Waals surface area contributed by atoms with E-state index in [2.05, 4.69) is 33.4 Å². The number of nitrogens with one attached hydrogen (secondary N) is 1. The topological polar surface area (TPSA) is 89.9 Å². The number of halogens is 1. The second kappa shape index (κ2) is 8.60. The molecule has 1 aromatic rings. The van der Waals surface area contributed by atoms with Gasteiger partial charge in [-0.3, -0.25) is 4.79 Å². The van der Waals surface area contributed by atoms with E-state index >= 15 is 0 Å². The predicted octanol–water partition coefficient (Wildman–Crippen LogP) is 1.65. The van der Waals surface area contributed by atoms with Gasteiger partial charge in [0.05, 0.1) is 6.10 Å². The lowest BCUT2D eigenvalue weighted by Crippen LogP contribution is -2.54. The van der Waals surface area contributed by atoms with E-state index in [1.807, 2.05) is 12.1 Å². The molecule has 0 saturated carbocycles. The number of benzene rings is 1. The quantitative estimate of drug-likeness (QED) is 0.703. The Labute approximate surface area is 150 Å². The Kier molecular flexibility index (Phi) is 6.77.